The van der Waals surface area contributed by atoms with E-state index in [1.165, 1.54) is 6.08 Å². The van der Waals surface area contributed by atoms with Crippen molar-refractivity contribution in [2.75, 3.05) is 4.90 Å². The molecule has 1 saturated heterocycles. The summed E-state index contributed by atoms with van der Waals surface area (Å²) in [6.07, 6.45) is 1.48. The zero-order chi connectivity index (χ0) is 22.7. The number of halogens is 2. The quantitative estimate of drug-likeness (QED) is 0.300. The van der Waals surface area contributed by atoms with Crippen molar-refractivity contribution in [3.8, 4) is 5.75 Å². The third kappa shape index (κ3) is 4.53. The minimum absolute atomic E-state index is 0.0741. The molecule has 5 nitrogen and oxygen atoms in total. The maximum Gasteiger partial charge on any atom is 0.270 e. The first-order valence-corrected chi connectivity index (χ1v) is 10.7. The predicted molar refractivity (Wildman–Crippen MR) is 130 cm³/mol. The average molecular weight is 483 g/mol. The van der Waals surface area contributed by atoms with Crippen LogP contribution in [0.25, 0.3) is 6.08 Å². The Morgan fingerprint density at radius 2 is 1.66 bits per heavy atom. The van der Waals surface area contributed by atoms with Crippen molar-refractivity contribution < 1.29 is 14.3 Å². The lowest BCUT2D eigenvalue weighted by molar-refractivity contribution is -0.122. The van der Waals surface area contributed by atoms with E-state index in [0.717, 1.165) is 10.5 Å². The minimum atomic E-state index is -0.610. The van der Waals surface area contributed by atoms with E-state index in [2.05, 4.69) is 5.32 Å². The molecule has 2 amide bonds. The van der Waals surface area contributed by atoms with Crippen molar-refractivity contribution in [3.63, 3.8) is 0 Å². The van der Waals surface area contributed by atoms with E-state index in [0.29, 0.717) is 17.9 Å². The van der Waals surface area contributed by atoms with Gasteiger partial charge in [0.1, 0.15) is 17.9 Å². The van der Waals surface area contributed by atoms with Crippen molar-refractivity contribution in [1.29, 1.82) is 0 Å². The number of anilines is 1. The van der Waals surface area contributed by atoms with Crippen molar-refractivity contribution in [2.45, 2.75) is 6.61 Å². The molecule has 0 saturated carbocycles. The fourth-order valence-electron chi connectivity index (χ4n) is 3.16. The van der Waals surface area contributed by atoms with Crippen LogP contribution in [-0.2, 0) is 16.2 Å². The van der Waals surface area contributed by atoms with Gasteiger partial charge in [0.15, 0.2) is 5.11 Å². The number of benzene rings is 3. The Morgan fingerprint density at radius 1 is 0.938 bits per heavy atom. The van der Waals surface area contributed by atoms with Gasteiger partial charge in [-0.3, -0.25) is 19.8 Å². The molecule has 0 radical (unpaired) electrons. The summed E-state index contributed by atoms with van der Waals surface area (Å²) in [5.41, 5.74) is 1.75. The van der Waals surface area contributed by atoms with Crippen molar-refractivity contribution in [3.05, 3.63) is 99.5 Å². The van der Waals surface area contributed by atoms with E-state index in [1.807, 2.05) is 36.4 Å². The first-order valence-electron chi connectivity index (χ1n) is 9.57. The molecule has 3 aromatic rings. The number of nitrogens with zero attached hydrogens (tertiary/aromatic N) is 1. The van der Waals surface area contributed by atoms with Crippen LogP contribution in [0.3, 0.4) is 0 Å². The Morgan fingerprint density at radius 3 is 2.44 bits per heavy atom. The van der Waals surface area contributed by atoms with E-state index < -0.39 is 11.8 Å². The van der Waals surface area contributed by atoms with Gasteiger partial charge in [0.25, 0.3) is 11.8 Å². The first kappa shape index (κ1) is 22.0. The highest BCUT2D eigenvalue weighted by molar-refractivity contribution is 7.80. The van der Waals surface area contributed by atoms with Crippen LogP contribution in [0.5, 0.6) is 5.75 Å². The highest BCUT2D eigenvalue weighted by Gasteiger charge is 2.35. The first-order chi connectivity index (χ1) is 15.5. The number of rotatable bonds is 5. The van der Waals surface area contributed by atoms with Gasteiger partial charge in [-0.1, -0.05) is 77.8 Å². The maximum atomic E-state index is 13.3. The Kier molecular flexibility index (Phi) is 6.55. The van der Waals surface area contributed by atoms with Crippen LogP contribution in [0.4, 0.5) is 5.69 Å². The molecule has 0 unspecified atom stereocenters. The molecule has 8 heteroatoms. The molecule has 0 spiro atoms. The third-order valence-corrected chi connectivity index (χ3v) is 5.82. The number of thiocarbonyl (C=S) groups is 1. The summed E-state index contributed by atoms with van der Waals surface area (Å²) >= 11 is 17.6. The van der Waals surface area contributed by atoms with E-state index in [9.17, 15) is 9.59 Å². The van der Waals surface area contributed by atoms with Gasteiger partial charge in [-0.25, -0.2) is 0 Å². The lowest BCUT2D eigenvalue weighted by atomic mass is 10.1. The number of hydrogen-bond acceptors (Lipinski definition) is 4. The predicted octanol–water partition coefficient (Wildman–Crippen LogP) is 5.40. The van der Waals surface area contributed by atoms with E-state index >= 15 is 0 Å². The Bertz CT molecular complexity index is 1250. The van der Waals surface area contributed by atoms with Gasteiger partial charge >= 0.3 is 0 Å². The number of carbonyl (C=O) groups excluding carboxylic acids is 2. The molecule has 1 aliphatic heterocycles. The van der Waals surface area contributed by atoms with Crippen LogP contribution in [0.1, 0.15) is 11.1 Å². The van der Waals surface area contributed by atoms with Gasteiger partial charge in [0, 0.05) is 5.56 Å². The topological polar surface area (TPSA) is 58.6 Å². The fourth-order valence-corrected chi connectivity index (χ4v) is 3.82. The standard InChI is InChI=1S/C24H16Cl2N2O3S/c25-18-10-6-11-19(21(18)26)28-23(30)17(22(29)27-24(28)32)13-16-9-4-5-12-20(16)31-14-15-7-2-1-3-8-15/h1-13H,14H2,(H,27,29,32)/b17-13+. The van der Waals surface area contributed by atoms with Gasteiger partial charge < -0.3 is 4.74 Å². The fraction of sp³-hybridized carbons (Fsp3) is 0.0417. The summed E-state index contributed by atoms with van der Waals surface area (Å²) in [5, 5.41) is 2.89. The van der Waals surface area contributed by atoms with Crippen LogP contribution in [-0.4, -0.2) is 16.9 Å². The SMILES string of the molecule is O=C1NC(=S)N(c2cccc(Cl)c2Cl)C(=O)/C1=C/c1ccccc1OCc1ccccc1. The second-order valence-corrected chi connectivity index (χ2v) is 8.01. The van der Waals surface area contributed by atoms with E-state index in [1.54, 1.807) is 36.4 Å². The summed E-state index contributed by atoms with van der Waals surface area (Å²) in [4.78, 5) is 27.1. The maximum absolute atomic E-state index is 13.3. The molecule has 4 rings (SSSR count). The number of para-hydroxylation sites is 1. The lowest BCUT2D eigenvalue weighted by Crippen LogP contribution is -2.54. The number of amides is 2. The molecule has 3 aromatic carbocycles. The number of carbonyl (C=O) groups is 2. The van der Waals surface area contributed by atoms with Crippen LogP contribution in [0.15, 0.2) is 78.4 Å². The second-order valence-electron chi connectivity index (χ2n) is 6.84. The van der Waals surface area contributed by atoms with Gasteiger partial charge in [-0.2, -0.15) is 0 Å². The summed E-state index contributed by atoms with van der Waals surface area (Å²) in [7, 11) is 0. The van der Waals surface area contributed by atoms with Crippen molar-refractivity contribution >= 4 is 64.1 Å². The third-order valence-electron chi connectivity index (χ3n) is 4.73. The molecule has 160 valence electrons. The van der Waals surface area contributed by atoms with E-state index in [4.69, 9.17) is 40.2 Å². The van der Waals surface area contributed by atoms with E-state index in [-0.39, 0.29) is 26.4 Å². The molecule has 1 fully saturated rings. The number of ether oxygens (including phenoxy) is 1. The smallest absolute Gasteiger partial charge is 0.270 e. The molecular formula is C24H16Cl2N2O3S. The Hall–Kier alpha value is -3.19. The molecule has 1 aliphatic rings. The Balaban J connectivity index is 1.67. The van der Waals surface area contributed by atoms with Crippen LogP contribution < -0.4 is 15.0 Å². The molecule has 1 N–H and O–H groups in total. The molecule has 0 aromatic heterocycles. The van der Waals surface area contributed by atoms with Crippen LogP contribution in [0.2, 0.25) is 10.0 Å². The summed E-state index contributed by atoms with van der Waals surface area (Å²) in [6.45, 7) is 0.343. The van der Waals surface area contributed by atoms with Crippen molar-refractivity contribution in [2.24, 2.45) is 0 Å². The average Bonchev–Trinajstić information content (AvgIpc) is 2.79. The summed E-state index contributed by atoms with van der Waals surface area (Å²) in [6, 6.07) is 21.7. The van der Waals surface area contributed by atoms with Gasteiger partial charge in [0.2, 0.25) is 0 Å². The minimum Gasteiger partial charge on any atom is -0.488 e. The molecule has 1 heterocycles. The monoisotopic (exact) mass is 482 g/mol. The zero-order valence-corrected chi connectivity index (χ0v) is 18.9. The molecule has 0 bridgehead atoms. The number of hydrogen-bond donors (Lipinski definition) is 1. The Labute approximate surface area is 200 Å². The highest BCUT2D eigenvalue weighted by Crippen LogP contribution is 2.34. The molecule has 0 atom stereocenters. The van der Waals surface area contributed by atoms with Gasteiger partial charge in [-0.15, -0.1) is 0 Å². The summed E-state index contributed by atoms with van der Waals surface area (Å²) in [5.74, 6) is -0.682. The molecule has 32 heavy (non-hydrogen) atoms. The van der Waals surface area contributed by atoms with Gasteiger partial charge in [-0.05, 0) is 42.1 Å². The number of nitrogens with one attached hydrogen (secondary N) is 1. The normalized spacial score (nSPS) is 15.1. The summed E-state index contributed by atoms with van der Waals surface area (Å²) < 4.78 is 5.94. The lowest BCUT2D eigenvalue weighted by Gasteiger charge is -2.29. The molecular weight excluding hydrogens is 467 g/mol. The largest absolute Gasteiger partial charge is 0.488 e. The highest BCUT2D eigenvalue weighted by atomic mass is 35.5. The second kappa shape index (κ2) is 9.53. The van der Waals surface area contributed by atoms with Crippen molar-refractivity contribution in [1.82, 2.24) is 5.32 Å². The van der Waals surface area contributed by atoms with Crippen LogP contribution >= 0.6 is 35.4 Å². The van der Waals surface area contributed by atoms with Gasteiger partial charge in [0.05, 0.1) is 15.7 Å². The zero-order valence-electron chi connectivity index (χ0n) is 16.5. The van der Waals surface area contributed by atoms with Crippen LogP contribution in [0, 0.1) is 0 Å². The molecule has 0 aliphatic carbocycles.